The van der Waals surface area contributed by atoms with E-state index in [1.165, 1.54) is 5.56 Å². The first-order chi connectivity index (χ1) is 9.06. The third-order valence-corrected chi connectivity index (χ3v) is 3.59. The van der Waals surface area contributed by atoms with Gasteiger partial charge in [-0.1, -0.05) is 32.0 Å². The minimum atomic E-state index is -0.0719. The second-order valence-electron chi connectivity index (χ2n) is 4.74. The predicted molar refractivity (Wildman–Crippen MR) is 87.6 cm³/mol. The van der Waals surface area contributed by atoms with E-state index in [9.17, 15) is 4.79 Å². The van der Waals surface area contributed by atoms with Crippen LogP contribution < -0.4 is 5.32 Å². The largest absolute Gasteiger partial charge is 0.322 e. The van der Waals surface area contributed by atoms with Crippen molar-refractivity contribution in [3.63, 3.8) is 0 Å². The molecule has 19 heavy (non-hydrogen) atoms. The molecule has 0 atom stereocenters. The molecule has 1 amide bonds. The second-order valence-corrected chi connectivity index (χ2v) is 5.99. The van der Waals surface area contributed by atoms with Gasteiger partial charge in [-0.25, -0.2) is 0 Å². The van der Waals surface area contributed by atoms with E-state index < -0.39 is 0 Å². The fourth-order valence-electron chi connectivity index (χ4n) is 1.79. The maximum atomic E-state index is 12.1. The van der Waals surface area contributed by atoms with E-state index in [4.69, 9.17) is 0 Å². The molecule has 0 unspecified atom stereocenters. The van der Waals surface area contributed by atoms with E-state index in [1.807, 2.05) is 48.5 Å². The molecular formula is C16H16INO. The molecule has 2 nitrogen and oxygen atoms in total. The highest BCUT2D eigenvalue weighted by molar-refractivity contribution is 14.1. The van der Waals surface area contributed by atoms with Crippen LogP contribution in [0.5, 0.6) is 0 Å². The number of halogens is 1. The van der Waals surface area contributed by atoms with Crippen LogP contribution in [0.3, 0.4) is 0 Å². The van der Waals surface area contributed by atoms with Gasteiger partial charge in [0.1, 0.15) is 0 Å². The van der Waals surface area contributed by atoms with Gasteiger partial charge in [0.15, 0.2) is 0 Å². The maximum Gasteiger partial charge on any atom is 0.255 e. The van der Waals surface area contributed by atoms with Gasteiger partial charge in [0, 0.05) is 14.8 Å². The highest BCUT2D eigenvalue weighted by Crippen LogP contribution is 2.17. The Labute approximate surface area is 127 Å². The number of benzene rings is 2. The van der Waals surface area contributed by atoms with Crippen molar-refractivity contribution in [2.45, 2.75) is 19.8 Å². The molecule has 3 heteroatoms. The third-order valence-electron chi connectivity index (χ3n) is 2.92. The van der Waals surface area contributed by atoms with Crippen LogP contribution in [0.4, 0.5) is 5.69 Å². The Morgan fingerprint density at radius 1 is 1.11 bits per heavy atom. The smallest absolute Gasteiger partial charge is 0.255 e. The molecule has 0 fully saturated rings. The first-order valence-corrected chi connectivity index (χ1v) is 7.31. The lowest BCUT2D eigenvalue weighted by molar-refractivity contribution is 0.102. The molecule has 0 saturated carbocycles. The SMILES string of the molecule is CC(C)c1ccc(C(=O)Nc2cccc(I)c2)cc1. The molecule has 0 spiro atoms. The lowest BCUT2D eigenvalue weighted by atomic mass is 10.0. The van der Waals surface area contributed by atoms with Crippen molar-refractivity contribution in [2.75, 3.05) is 5.32 Å². The van der Waals surface area contributed by atoms with Gasteiger partial charge in [-0.15, -0.1) is 0 Å². The molecule has 0 radical (unpaired) electrons. The first kappa shape index (κ1) is 14.1. The van der Waals surface area contributed by atoms with Crippen molar-refractivity contribution in [1.82, 2.24) is 0 Å². The van der Waals surface area contributed by atoms with Crippen LogP contribution >= 0.6 is 22.6 Å². The van der Waals surface area contributed by atoms with E-state index in [2.05, 4.69) is 41.8 Å². The summed E-state index contributed by atoms with van der Waals surface area (Å²) in [6.07, 6.45) is 0. The van der Waals surface area contributed by atoms with Crippen LogP contribution in [0.1, 0.15) is 35.7 Å². The molecule has 0 bridgehead atoms. The Hall–Kier alpha value is -1.36. The number of anilines is 1. The number of hydrogen-bond acceptors (Lipinski definition) is 1. The molecule has 0 aliphatic rings. The zero-order valence-corrected chi connectivity index (χ0v) is 13.1. The molecule has 0 saturated heterocycles. The highest BCUT2D eigenvalue weighted by atomic mass is 127. The number of carbonyl (C=O) groups is 1. The van der Waals surface area contributed by atoms with Crippen molar-refractivity contribution < 1.29 is 4.79 Å². The van der Waals surface area contributed by atoms with Crippen molar-refractivity contribution in [2.24, 2.45) is 0 Å². The van der Waals surface area contributed by atoms with Crippen LogP contribution in [0.15, 0.2) is 48.5 Å². The van der Waals surface area contributed by atoms with Crippen molar-refractivity contribution in [3.05, 3.63) is 63.2 Å². The third kappa shape index (κ3) is 3.80. The molecule has 2 aromatic rings. The van der Waals surface area contributed by atoms with E-state index in [-0.39, 0.29) is 5.91 Å². The minimum absolute atomic E-state index is 0.0719. The number of nitrogens with one attached hydrogen (secondary N) is 1. The molecule has 0 heterocycles. The number of hydrogen-bond donors (Lipinski definition) is 1. The van der Waals surface area contributed by atoms with E-state index in [0.717, 1.165) is 9.26 Å². The average molecular weight is 365 g/mol. The Morgan fingerprint density at radius 2 is 1.79 bits per heavy atom. The number of carbonyl (C=O) groups excluding carboxylic acids is 1. The van der Waals surface area contributed by atoms with Gasteiger partial charge in [-0.3, -0.25) is 4.79 Å². The maximum absolute atomic E-state index is 12.1. The van der Waals surface area contributed by atoms with Gasteiger partial charge in [0.2, 0.25) is 0 Å². The van der Waals surface area contributed by atoms with Gasteiger partial charge in [0.25, 0.3) is 5.91 Å². The predicted octanol–water partition coefficient (Wildman–Crippen LogP) is 4.67. The van der Waals surface area contributed by atoms with Crippen LogP contribution in [0, 0.1) is 3.57 Å². The number of rotatable bonds is 3. The summed E-state index contributed by atoms with van der Waals surface area (Å²) in [7, 11) is 0. The van der Waals surface area contributed by atoms with E-state index in [0.29, 0.717) is 11.5 Å². The summed E-state index contributed by atoms with van der Waals surface area (Å²) in [4.78, 5) is 12.1. The second kappa shape index (κ2) is 6.19. The molecule has 1 N–H and O–H groups in total. The lowest BCUT2D eigenvalue weighted by Crippen LogP contribution is -2.11. The van der Waals surface area contributed by atoms with Crippen LogP contribution in [-0.2, 0) is 0 Å². The monoisotopic (exact) mass is 365 g/mol. The normalized spacial score (nSPS) is 10.5. The van der Waals surface area contributed by atoms with Gasteiger partial charge in [-0.05, 0) is 64.4 Å². The van der Waals surface area contributed by atoms with E-state index in [1.54, 1.807) is 0 Å². The fourth-order valence-corrected chi connectivity index (χ4v) is 2.33. The summed E-state index contributed by atoms with van der Waals surface area (Å²) in [6, 6.07) is 15.5. The molecule has 2 aromatic carbocycles. The van der Waals surface area contributed by atoms with E-state index >= 15 is 0 Å². The van der Waals surface area contributed by atoms with Crippen LogP contribution in [0.25, 0.3) is 0 Å². The minimum Gasteiger partial charge on any atom is -0.322 e. The van der Waals surface area contributed by atoms with Crippen molar-refractivity contribution in [3.8, 4) is 0 Å². The molecule has 98 valence electrons. The number of amides is 1. The topological polar surface area (TPSA) is 29.1 Å². The fraction of sp³-hybridized carbons (Fsp3) is 0.188. The lowest BCUT2D eigenvalue weighted by Gasteiger charge is -2.08. The highest BCUT2D eigenvalue weighted by Gasteiger charge is 2.07. The van der Waals surface area contributed by atoms with Gasteiger partial charge in [0.05, 0.1) is 0 Å². The van der Waals surface area contributed by atoms with Gasteiger partial charge in [-0.2, -0.15) is 0 Å². The molecule has 2 rings (SSSR count). The van der Waals surface area contributed by atoms with Gasteiger partial charge >= 0.3 is 0 Å². The van der Waals surface area contributed by atoms with Crippen molar-refractivity contribution >= 4 is 34.2 Å². The Kier molecular flexibility index (Phi) is 4.58. The zero-order chi connectivity index (χ0) is 13.8. The average Bonchev–Trinajstić information content (AvgIpc) is 2.39. The van der Waals surface area contributed by atoms with Crippen molar-refractivity contribution in [1.29, 1.82) is 0 Å². The van der Waals surface area contributed by atoms with Crippen LogP contribution in [0.2, 0.25) is 0 Å². The summed E-state index contributed by atoms with van der Waals surface area (Å²) in [5.41, 5.74) is 2.75. The summed E-state index contributed by atoms with van der Waals surface area (Å²) in [5, 5.41) is 2.90. The van der Waals surface area contributed by atoms with Crippen LogP contribution in [-0.4, -0.2) is 5.91 Å². The molecule has 0 aromatic heterocycles. The summed E-state index contributed by atoms with van der Waals surface area (Å²) in [5.74, 6) is 0.408. The summed E-state index contributed by atoms with van der Waals surface area (Å²) < 4.78 is 1.10. The molecular weight excluding hydrogens is 349 g/mol. The molecule has 0 aliphatic heterocycles. The Bertz CT molecular complexity index is 576. The summed E-state index contributed by atoms with van der Waals surface area (Å²) >= 11 is 2.23. The Balaban J connectivity index is 2.11. The zero-order valence-electron chi connectivity index (χ0n) is 11.0. The Morgan fingerprint density at radius 3 is 2.37 bits per heavy atom. The van der Waals surface area contributed by atoms with Gasteiger partial charge < -0.3 is 5.32 Å². The first-order valence-electron chi connectivity index (χ1n) is 6.23. The quantitative estimate of drug-likeness (QED) is 0.788. The molecule has 0 aliphatic carbocycles. The standard InChI is InChI=1S/C16H16INO/c1-11(2)12-6-8-13(9-7-12)16(19)18-15-5-3-4-14(17)10-15/h3-11H,1-2H3,(H,18,19). The summed E-state index contributed by atoms with van der Waals surface area (Å²) in [6.45, 7) is 4.28.